The molecule has 5 rings (SSSR count). The summed E-state index contributed by atoms with van der Waals surface area (Å²) in [6.45, 7) is 9.95. The molecule has 154 valence electrons. The summed E-state index contributed by atoms with van der Waals surface area (Å²) in [7, 11) is 0. The largest absolute Gasteiger partial charge is 0.299 e. The van der Waals surface area contributed by atoms with Gasteiger partial charge < -0.3 is 0 Å². The van der Waals surface area contributed by atoms with Crippen molar-refractivity contribution in [2.24, 2.45) is 0 Å². The van der Waals surface area contributed by atoms with Crippen LogP contribution < -0.4 is 9.80 Å². The molecule has 2 aromatic rings. The molecule has 0 N–H and O–H groups in total. The Balaban J connectivity index is 1.84. The van der Waals surface area contributed by atoms with Gasteiger partial charge in [-0.2, -0.15) is 0 Å². The molecule has 6 heteroatoms. The van der Waals surface area contributed by atoms with Gasteiger partial charge in [0.1, 0.15) is 5.82 Å². The number of benzene rings is 2. The molecule has 1 fully saturated rings. The third kappa shape index (κ3) is 2.28. The van der Waals surface area contributed by atoms with Gasteiger partial charge in [-0.05, 0) is 76.1 Å². The summed E-state index contributed by atoms with van der Waals surface area (Å²) in [4.78, 5) is 29.8. The van der Waals surface area contributed by atoms with E-state index in [4.69, 9.17) is 0 Å². The highest BCUT2D eigenvalue weighted by Gasteiger charge is 2.65. The SMILES string of the molecule is CC1=CC(C)(C)N2C(=O)C3(SC(C)C(=O)N3c3ccc(F)cc3)c3cc(C)cc1c32. The minimum Gasteiger partial charge on any atom is -0.299 e. The van der Waals surface area contributed by atoms with Crippen LogP contribution in [0, 0.1) is 12.7 Å². The van der Waals surface area contributed by atoms with Crippen molar-refractivity contribution in [3.05, 3.63) is 65.0 Å². The smallest absolute Gasteiger partial charge is 0.269 e. The van der Waals surface area contributed by atoms with Crippen molar-refractivity contribution < 1.29 is 14.0 Å². The Morgan fingerprint density at radius 2 is 1.70 bits per heavy atom. The molecule has 3 aliphatic heterocycles. The van der Waals surface area contributed by atoms with Gasteiger partial charge in [0.05, 0.1) is 16.5 Å². The van der Waals surface area contributed by atoms with E-state index in [2.05, 4.69) is 19.1 Å². The summed E-state index contributed by atoms with van der Waals surface area (Å²) in [6, 6.07) is 9.95. The van der Waals surface area contributed by atoms with E-state index in [-0.39, 0.29) is 17.6 Å². The van der Waals surface area contributed by atoms with E-state index in [9.17, 15) is 14.0 Å². The maximum absolute atomic E-state index is 14.2. The minimum atomic E-state index is -1.19. The number of thioether (sulfide) groups is 1. The highest BCUT2D eigenvalue weighted by Crippen LogP contribution is 2.61. The van der Waals surface area contributed by atoms with E-state index in [1.165, 1.54) is 23.9 Å². The molecule has 3 aliphatic rings. The molecule has 2 unspecified atom stereocenters. The molecule has 1 saturated heterocycles. The van der Waals surface area contributed by atoms with Gasteiger partial charge in [0.25, 0.3) is 5.91 Å². The maximum Gasteiger partial charge on any atom is 0.269 e. The molecule has 2 atom stereocenters. The van der Waals surface area contributed by atoms with Crippen LogP contribution in [0.1, 0.15) is 44.4 Å². The van der Waals surface area contributed by atoms with Crippen LogP contribution in [0.2, 0.25) is 0 Å². The zero-order valence-corrected chi connectivity index (χ0v) is 18.4. The monoisotopic (exact) mass is 422 g/mol. The van der Waals surface area contributed by atoms with Crippen LogP contribution in [0.4, 0.5) is 15.8 Å². The molecule has 0 aromatic heterocycles. The van der Waals surface area contributed by atoms with Crippen molar-refractivity contribution in [3.8, 4) is 0 Å². The van der Waals surface area contributed by atoms with Crippen molar-refractivity contribution in [3.63, 3.8) is 0 Å². The van der Waals surface area contributed by atoms with Crippen LogP contribution >= 0.6 is 11.8 Å². The van der Waals surface area contributed by atoms with Crippen molar-refractivity contribution in [2.75, 3.05) is 9.80 Å². The van der Waals surface area contributed by atoms with E-state index < -0.39 is 15.7 Å². The number of nitrogens with zero attached hydrogens (tertiary/aromatic N) is 2. The van der Waals surface area contributed by atoms with Gasteiger partial charge in [0, 0.05) is 16.8 Å². The number of hydrogen-bond acceptors (Lipinski definition) is 3. The molecule has 4 nitrogen and oxygen atoms in total. The second-order valence-corrected chi connectivity index (χ2v) is 10.4. The lowest BCUT2D eigenvalue weighted by Gasteiger charge is -2.40. The van der Waals surface area contributed by atoms with E-state index in [1.807, 2.05) is 38.7 Å². The highest BCUT2D eigenvalue weighted by atomic mass is 32.2. The molecule has 2 amide bonds. The Kier molecular flexibility index (Phi) is 3.86. The number of aryl methyl sites for hydroxylation is 1. The molecule has 0 radical (unpaired) electrons. The van der Waals surface area contributed by atoms with Gasteiger partial charge in [-0.15, -0.1) is 11.8 Å². The van der Waals surface area contributed by atoms with Crippen LogP contribution in [0.15, 0.2) is 42.5 Å². The van der Waals surface area contributed by atoms with Gasteiger partial charge in [-0.3, -0.25) is 19.4 Å². The Morgan fingerprint density at radius 3 is 2.37 bits per heavy atom. The molecule has 30 heavy (non-hydrogen) atoms. The first kappa shape index (κ1) is 19.4. The first-order chi connectivity index (χ1) is 14.1. The average Bonchev–Trinajstić information content (AvgIpc) is 3.07. The van der Waals surface area contributed by atoms with E-state index in [0.717, 1.165) is 28.0 Å². The number of fused-ring (bicyclic) bond motifs is 1. The number of hydrogen-bond donors (Lipinski definition) is 0. The maximum atomic E-state index is 14.2. The van der Waals surface area contributed by atoms with Crippen molar-refractivity contribution in [1.29, 1.82) is 0 Å². The topological polar surface area (TPSA) is 40.6 Å². The number of amides is 2. The van der Waals surface area contributed by atoms with Crippen LogP contribution in [0.5, 0.6) is 0 Å². The molecule has 2 aromatic carbocycles. The summed E-state index contributed by atoms with van der Waals surface area (Å²) in [5.41, 5.74) is 4.93. The zero-order valence-electron chi connectivity index (χ0n) is 17.6. The molecule has 3 heterocycles. The quantitative estimate of drug-likeness (QED) is 0.650. The third-order valence-corrected chi connectivity index (χ3v) is 7.70. The molecular weight excluding hydrogens is 399 g/mol. The number of carbonyl (C=O) groups excluding carboxylic acids is 2. The van der Waals surface area contributed by atoms with Crippen LogP contribution in [-0.2, 0) is 14.5 Å². The van der Waals surface area contributed by atoms with E-state index in [0.29, 0.717) is 5.69 Å². The third-order valence-electron chi connectivity index (χ3n) is 6.22. The average molecular weight is 423 g/mol. The lowest BCUT2D eigenvalue weighted by atomic mass is 9.88. The highest BCUT2D eigenvalue weighted by molar-refractivity contribution is 8.03. The van der Waals surface area contributed by atoms with Gasteiger partial charge >= 0.3 is 0 Å². The Labute approximate surface area is 179 Å². The van der Waals surface area contributed by atoms with E-state index >= 15 is 0 Å². The van der Waals surface area contributed by atoms with Crippen LogP contribution in [0.3, 0.4) is 0 Å². The first-order valence-corrected chi connectivity index (χ1v) is 10.9. The van der Waals surface area contributed by atoms with Crippen LogP contribution in [-0.4, -0.2) is 22.6 Å². The van der Waals surface area contributed by atoms with Crippen molar-refractivity contribution in [2.45, 2.75) is 50.3 Å². The Morgan fingerprint density at radius 1 is 1.03 bits per heavy atom. The van der Waals surface area contributed by atoms with E-state index in [1.54, 1.807) is 17.0 Å². The fourth-order valence-corrected chi connectivity index (χ4v) is 6.59. The number of rotatable bonds is 1. The van der Waals surface area contributed by atoms with Gasteiger partial charge in [-0.25, -0.2) is 4.39 Å². The zero-order chi connectivity index (χ0) is 21.6. The standard InChI is InChI=1S/C24H23FN2O2S/c1-13-10-18-14(2)12-23(4,5)27-20(18)19(11-13)24(22(27)29)26(21(28)15(3)30-24)17-8-6-16(25)7-9-17/h6-12,15H,1-5H3. The lowest BCUT2D eigenvalue weighted by Crippen LogP contribution is -2.55. The number of halogens is 1. The molecule has 0 bridgehead atoms. The molecule has 0 aliphatic carbocycles. The predicted molar refractivity (Wildman–Crippen MR) is 119 cm³/mol. The second-order valence-electron chi connectivity index (χ2n) is 8.88. The number of allylic oxidation sites excluding steroid dienone is 1. The Bertz CT molecular complexity index is 1150. The second kappa shape index (κ2) is 5.97. The molecular formula is C24H23FN2O2S. The van der Waals surface area contributed by atoms with Gasteiger partial charge in [0.2, 0.25) is 10.8 Å². The van der Waals surface area contributed by atoms with Crippen LogP contribution in [0.25, 0.3) is 5.57 Å². The first-order valence-electron chi connectivity index (χ1n) is 10.0. The Hall–Kier alpha value is -2.60. The predicted octanol–water partition coefficient (Wildman–Crippen LogP) is 5.00. The molecule has 0 saturated carbocycles. The van der Waals surface area contributed by atoms with Gasteiger partial charge in [-0.1, -0.05) is 12.1 Å². The fraction of sp³-hybridized carbons (Fsp3) is 0.333. The summed E-state index contributed by atoms with van der Waals surface area (Å²) in [5.74, 6) is -0.639. The summed E-state index contributed by atoms with van der Waals surface area (Å²) in [6.07, 6.45) is 2.11. The summed E-state index contributed by atoms with van der Waals surface area (Å²) >= 11 is 1.38. The molecule has 1 spiro atoms. The number of anilines is 2. The van der Waals surface area contributed by atoms with Crippen molar-refractivity contribution >= 4 is 40.5 Å². The minimum absolute atomic E-state index is 0.120. The van der Waals surface area contributed by atoms with Gasteiger partial charge in [0.15, 0.2) is 0 Å². The summed E-state index contributed by atoms with van der Waals surface area (Å²) in [5, 5.41) is -0.395. The summed E-state index contributed by atoms with van der Waals surface area (Å²) < 4.78 is 13.6. The fourth-order valence-electron chi connectivity index (χ4n) is 5.09. The normalized spacial score (nSPS) is 26.5. The van der Waals surface area contributed by atoms with Crippen molar-refractivity contribution in [1.82, 2.24) is 0 Å². The number of carbonyl (C=O) groups is 2. The lowest BCUT2D eigenvalue weighted by molar-refractivity contribution is -0.124.